The van der Waals surface area contributed by atoms with Crippen molar-refractivity contribution in [3.8, 4) is 11.4 Å². The third-order valence-electron chi connectivity index (χ3n) is 3.89. The minimum Gasteiger partial charge on any atom is -0.381 e. The van der Waals surface area contributed by atoms with E-state index in [2.05, 4.69) is 14.8 Å². The minimum atomic E-state index is -0.254. The molecule has 130 valence electrons. The van der Waals surface area contributed by atoms with E-state index in [1.165, 1.54) is 12.1 Å². The Morgan fingerprint density at radius 1 is 1.33 bits per heavy atom. The lowest BCUT2D eigenvalue weighted by atomic mass is 10.2. The second kappa shape index (κ2) is 8.60. The summed E-state index contributed by atoms with van der Waals surface area (Å²) >= 11 is 1.62. The van der Waals surface area contributed by atoms with Crippen molar-refractivity contribution in [1.29, 1.82) is 0 Å². The van der Waals surface area contributed by atoms with Gasteiger partial charge in [-0.1, -0.05) is 11.8 Å². The van der Waals surface area contributed by atoms with Crippen LogP contribution in [-0.2, 0) is 16.0 Å². The molecule has 2 heterocycles. The van der Waals surface area contributed by atoms with Crippen LogP contribution in [0.15, 0.2) is 29.4 Å². The molecule has 1 fully saturated rings. The third-order valence-corrected chi connectivity index (χ3v) is 4.82. The third kappa shape index (κ3) is 4.34. The molecule has 0 radical (unpaired) electrons. The zero-order chi connectivity index (χ0) is 16.8. The number of rotatable bonds is 8. The number of nitrogens with zero attached hydrogens (tertiary/aromatic N) is 3. The van der Waals surface area contributed by atoms with Crippen LogP contribution in [0, 0.1) is 5.82 Å². The average molecular weight is 351 g/mol. The molecule has 0 amide bonds. The summed E-state index contributed by atoms with van der Waals surface area (Å²) in [6.45, 7) is 4.91. The van der Waals surface area contributed by atoms with Gasteiger partial charge >= 0.3 is 0 Å². The van der Waals surface area contributed by atoms with E-state index in [-0.39, 0.29) is 11.9 Å². The van der Waals surface area contributed by atoms with Gasteiger partial charge in [-0.25, -0.2) is 4.39 Å². The fourth-order valence-electron chi connectivity index (χ4n) is 2.70. The lowest BCUT2D eigenvalue weighted by Gasteiger charge is -2.14. The number of benzene rings is 1. The highest BCUT2D eigenvalue weighted by molar-refractivity contribution is 7.99. The van der Waals surface area contributed by atoms with Crippen molar-refractivity contribution in [2.24, 2.45) is 0 Å². The van der Waals surface area contributed by atoms with Gasteiger partial charge in [0.15, 0.2) is 11.0 Å². The van der Waals surface area contributed by atoms with Crippen LogP contribution in [0.2, 0.25) is 0 Å². The monoisotopic (exact) mass is 351 g/mol. The van der Waals surface area contributed by atoms with E-state index >= 15 is 0 Å². The summed E-state index contributed by atoms with van der Waals surface area (Å²) in [5, 5.41) is 9.51. The first-order chi connectivity index (χ1) is 11.8. The molecule has 24 heavy (non-hydrogen) atoms. The molecule has 1 aromatic carbocycles. The molecule has 0 N–H and O–H groups in total. The molecule has 0 bridgehead atoms. The van der Waals surface area contributed by atoms with Crippen LogP contribution < -0.4 is 0 Å². The number of hydrogen-bond acceptors (Lipinski definition) is 5. The van der Waals surface area contributed by atoms with Gasteiger partial charge in [-0.05, 0) is 44.0 Å². The van der Waals surface area contributed by atoms with Crippen molar-refractivity contribution < 1.29 is 13.9 Å². The Morgan fingerprint density at radius 3 is 2.88 bits per heavy atom. The zero-order valence-electron chi connectivity index (χ0n) is 13.8. The van der Waals surface area contributed by atoms with Crippen molar-refractivity contribution in [3.05, 3.63) is 30.1 Å². The van der Waals surface area contributed by atoms with Crippen molar-refractivity contribution >= 4 is 11.8 Å². The summed E-state index contributed by atoms with van der Waals surface area (Å²) in [5.41, 5.74) is 0.860. The lowest BCUT2D eigenvalue weighted by Crippen LogP contribution is -2.17. The molecule has 1 aliphatic rings. The van der Waals surface area contributed by atoms with Crippen molar-refractivity contribution in [2.45, 2.75) is 37.6 Å². The summed E-state index contributed by atoms with van der Waals surface area (Å²) < 4.78 is 26.4. The lowest BCUT2D eigenvalue weighted by molar-refractivity contribution is 0.0953. The predicted octanol–water partition coefficient (Wildman–Crippen LogP) is 3.39. The molecule has 1 saturated heterocycles. The summed E-state index contributed by atoms with van der Waals surface area (Å²) in [7, 11) is 0. The molecular formula is C17H22FN3O2S. The van der Waals surface area contributed by atoms with Crippen LogP contribution in [0.25, 0.3) is 11.4 Å². The Bertz CT molecular complexity index is 642. The van der Waals surface area contributed by atoms with E-state index in [0.29, 0.717) is 13.2 Å². The van der Waals surface area contributed by atoms with E-state index in [9.17, 15) is 4.39 Å². The number of thioether (sulfide) groups is 1. The summed E-state index contributed by atoms with van der Waals surface area (Å²) in [5.74, 6) is 1.32. The summed E-state index contributed by atoms with van der Waals surface area (Å²) in [4.78, 5) is 0. The van der Waals surface area contributed by atoms with Crippen LogP contribution in [0.1, 0.15) is 19.8 Å². The van der Waals surface area contributed by atoms with Gasteiger partial charge < -0.3 is 9.47 Å². The van der Waals surface area contributed by atoms with E-state index in [1.54, 1.807) is 23.9 Å². The first-order valence-corrected chi connectivity index (χ1v) is 9.27. The second-order valence-electron chi connectivity index (χ2n) is 5.60. The van der Waals surface area contributed by atoms with Gasteiger partial charge in [0.2, 0.25) is 0 Å². The van der Waals surface area contributed by atoms with Crippen molar-refractivity contribution in [2.75, 3.05) is 25.6 Å². The standard InChI is InChI=1S/C17H22FN3O2S/c1-2-22-10-11-24-17-20-19-16(13-5-7-14(18)8-6-13)21(17)12-15-4-3-9-23-15/h5-8,15H,2-4,9-12H2,1H3. The molecule has 0 spiro atoms. The first-order valence-electron chi connectivity index (χ1n) is 8.29. The van der Waals surface area contributed by atoms with Gasteiger partial charge in [0.05, 0.1) is 19.3 Å². The smallest absolute Gasteiger partial charge is 0.191 e. The Balaban J connectivity index is 1.80. The molecule has 1 unspecified atom stereocenters. The topological polar surface area (TPSA) is 49.2 Å². The normalized spacial score (nSPS) is 17.5. The van der Waals surface area contributed by atoms with Crippen LogP contribution in [0.5, 0.6) is 0 Å². The van der Waals surface area contributed by atoms with Gasteiger partial charge in [-0.2, -0.15) is 0 Å². The molecule has 3 rings (SSSR count). The quantitative estimate of drug-likeness (QED) is 0.539. The summed E-state index contributed by atoms with van der Waals surface area (Å²) in [6, 6.07) is 6.37. The van der Waals surface area contributed by atoms with Crippen LogP contribution in [-0.4, -0.2) is 46.4 Å². The Kier molecular flexibility index (Phi) is 6.23. The highest BCUT2D eigenvalue weighted by atomic mass is 32.2. The van der Waals surface area contributed by atoms with Crippen molar-refractivity contribution in [3.63, 3.8) is 0 Å². The van der Waals surface area contributed by atoms with Gasteiger partial charge in [-0.15, -0.1) is 10.2 Å². The predicted molar refractivity (Wildman–Crippen MR) is 91.6 cm³/mol. The fraction of sp³-hybridized carbons (Fsp3) is 0.529. The van der Waals surface area contributed by atoms with E-state index in [4.69, 9.17) is 9.47 Å². The molecule has 1 aromatic heterocycles. The molecule has 0 aliphatic carbocycles. The van der Waals surface area contributed by atoms with Gasteiger partial charge in [0.25, 0.3) is 0 Å². The van der Waals surface area contributed by atoms with Gasteiger partial charge in [0.1, 0.15) is 5.82 Å². The Hall–Kier alpha value is -1.44. The number of ether oxygens (including phenoxy) is 2. The van der Waals surface area contributed by atoms with Gasteiger partial charge in [0, 0.05) is 24.5 Å². The maximum Gasteiger partial charge on any atom is 0.191 e. The van der Waals surface area contributed by atoms with Crippen LogP contribution in [0.3, 0.4) is 0 Å². The maximum absolute atomic E-state index is 13.2. The Morgan fingerprint density at radius 2 is 2.17 bits per heavy atom. The van der Waals surface area contributed by atoms with Crippen molar-refractivity contribution in [1.82, 2.24) is 14.8 Å². The molecule has 2 aromatic rings. The zero-order valence-corrected chi connectivity index (χ0v) is 14.6. The van der Waals surface area contributed by atoms with Gasteiger partial charge in [-0.3, -0.25) is 4.57 Å². The van der Waals surface area contributed by atoms with E-state index in [0.717, 1.165) is 48.3 Å². The average Bonchev–Trinajstić information content (AvgIpc) is 3.24. The molecular weight excluding hydrogens is 329 g/mol. The summed E-state index contributed by atoms with van der Waals surface area (Å²) in [6.07, 6.45) is 2.32. The first kappa shape index (κ1) is 17.4. The Labute approximate surface area is 145 Å². The molecule has 1 atom stereocenters. The molecule has 5 nitrogen and oxygen atoms in total. The van der Waals surface area contributed by atoms with E-state index in [1.807, 2.05) is 6.92 Å². The molecule has 7 heteroatoms. The van der Waals surface area contributed by atoms with E-state index < -0.39 is 0 Å². The van der Waals surface area contributed by atoms with Crippen LogP contribution in [0.4, 0.5) is 4.39 Å². The maximum atomic E-state index is 13.2. The fourth-order valence-corrected chi connectivity index (χ4v) is 3.50. The minimum absolute atomic E-state index is 0.187. The second-order valence-corrected chi connectivity index (χ2v) is 6.67. The molecule has 1 aliphatic heterocycles. The highest BCUT2D eigenvalue weighted by Crippen LogP contribution is 2.26. The SMILES string of the molecule is CCOCCSc1nnc(-c2ccc(F)cc2)n1CC1CCCO1. The number of hydrogen-bond donors (Lipinski definition) is 0. The highest BCUT2D eigenvalue weighted by Gasteiger charge is 2.21. The number of aromatic nitrogens is 3. The number of halogens is 1. The molecule has 0 saturated carbocycles. The van der Waals surface area contributed by atoms with Crippen LogP contribution >= 0.6 is 11.8 Å². The largest absolute Gasteiger partial charge is 0.381 e.